The van der Waals surface area contributed by atoms with Crippen LogP contribution < -0.4 is 5.73 Å². The predicted molar refractivity (Wildman–Crippen MR) is 64.1 cm³/mol. The summed E-state index contributed by atoms with van der Waals surface area (Å²) in [6.45, 7) is 0.504. The fourth-order valence-electron chi connectivity index (χ4n) is 1.60. The molecular formula is C12H16ClF2NO. The molecule has 2 N–H and O–H groups in total. The molecule has 0 aromatic heterocycles. The first-order chi connectivity index (χ1) is 8.11. The quantitative estimate of drug-likeness (QED) is 0.632. The summed E-state index contributed by atoms with van der Waals surface area (Å²) in [6.07, 6.45) is 1.93. The van der Waals surface area contributed by atoms with Crippen LogP contribution in [0.25, 0.3) is 0 Å². The Morgan fingerprint density at radius 2 is 2.00 bits per heavy atom. The zero-order chi connectivity index (χ0) is 12.8. The lowest BCUT2D eigenvalue weighted by molar-refractivity contribution is 0.180. The molecule has 0 radical (unpaired) electrons. The first kappa shape index (κ1) is 14.4. The molecule has 2 nitrogen and oxygen atoms in total. The Labute approximate surface area is 105 Å². The van der Waals surface area contributed by atoms with Gasteiger partial charge in [-0.05, 0) is 37.4 Å². The van der Waals surface area contributed by atoms with Gasteiger partial charge in [0, 0.05) is 17.7 Å². The molecule has 0 saturated carbocycles. The lowest BCUT2D eigenvalue weighted by Crippen LogP contribution is -2.04. The second-order valence-corrected chi connectivity index (χ2v) is 4.21. The number of halogens is 3. The standard InChI is InChI=1S/C12H16ClF2NO/c1-17-7-9-10(13)6-8(4-2-3-5-16)11(14)12(9)15/h6H,2-5,7,16H2,1H3. The van der Waals surface area contributed by atoms with Crippen LogP contribution >= 0.6 is 11.6 Å². The van der Waals surface area contributed by atoms with Crippen LogP contribution in [0.3, 0.4) is 0 Å². The Balaban J connectivity index is 2.94. The summed E-state index contributed by atoms with van der Waals surface area (Å²) in [7, 11) is 1.41. The number of hydrogen-bond donors (Lipinski definition) is 1. The summed E-state index contributed by atoms with van der Waals surface area (Å²) in [5.74, 6) is -1.75. The predicted octanol–water partition coefficient (Wildman–Crippen LogP) is 3.05. The average Bonchev–Trinajstić information content (AvgIpc) is 2.31. The Hall–Kier alpha value is -0.710. The maximum atomic E-state index is 13.7. The molecule has 0 saturated heterocycles. The highest BCUT2D eigenvalue weighted by Crippen LogP contribution is 2.26. The normalized spacial score (nSPS) is 10.9. The highest BCUT2D eigenvalue weighted by molar-refractivity contribution is 6.31. The third-order valence-corrected chi connectivity index (χ3v) is 2.85. The molecule has 17 heavy (non-hydrogen) atoms. The minimum absolute atomic E-state index is 0.0370. The molecule has 0 bridgehead atoms. The van der Waals surface area contributed by atoms with Crippen LogP contribution in [0.2, 0.25) is 5.02 Å². The van der Waals surface area contributed by atoms with Gasteiger partial charge in [0.15, 0.2) is 11.6 Å². The molecule has 0 aliphatic heterocycles. The molecule has 0 unspecified atom stereocenters. The van der Waals surface area contributed by atoms with Crippen molar-refractivity contribution in [2.24, 2.45) is 5.73 Å². The Morgan fingerprint density at radius 1 is 1.29 bits per heavy atom. The van der Waals surface area contributed by atoms with Crippen LogP contribution in [-0.4, -0.2) is 13.7 Å². The summed E-state index contributed by atoms with van der Waals surface area (Å²) in [5.41, 5.74) is 5.70. The number of ether oxygens (including phenoxy) is 1. The third-order valence-electron chi connectivity index (χ3n) is 2.52. The van der Waals surface area contributed by atoms with Gasteiger partial charge in [-0.1, -0.05) is 11.6 Å². The van der Waals surface area contributed by atoms with E-state index in [9.17, 15) is 8.78 Å². The van der Waals surface area contributed by atoms with E-state index in [2.05, 4.69) is 0 Å². The fourth-order valence-corrected chi connectivity index (χ4v) is 1.87. The molecule has 0 aliphatic rings. The van der Waals surface area contributed by atoms with Crippen molar-refractivity contribution in [1.82, 2.24) is 0 Å². The van der Waals surface area contributed by atoms with Gasteiger partial charge < -0.3 is 10.5 Å². The summed E-state index contributed by atoms with van der Waals surface area (Å²) >= 11 is 5.89. The van der Waals surface area contributed by atoms with E-state index in [4.69, 9.17) is 22.1 Å². The van der Waals surface area contributed by atoms with Crippen LogP contribution in [0.15, 0.2) is 6.07 Å². The SMILES string of the molecule is COCc1c(Cl)cc(CCCCN)c(F)c1F. The summed E-state index contributed by atoms with van der Waals surface area (Å²) in [5, 5.41) is 0.202. The average molecular weight is 264 g/mol. The van der Waals surface area contributed by atoms with Crippen molar-refractivity contribution in [3.05, 3.63) is 33.9 Å². The van der Waals surface area contributed by atoms with Crippen LogP contribution in [0, 0.1) is 11.6 Å². The van der Waals surface area contributed by atoms with Crippen LogP contribution in [0.4, 0.5) is 8.78 Å². The van der Waals surface area contributed by atoms with Crippen LogP contribution in [0.5, 0.6) is 0 Å². The molecule has 0 heterocycles. The smallest absolute Gasteiger partial charge is 0.166 e. The molecule has 1 rings (SSSR count). The molecule has 1 aromatic rings. The van der Waals surface area contributed by atoms with Crippen molar-refractivity contribution in [2.45, 2.75) is 25.9 Å². The second kappa shape index (κ2) is 6.89. The largest absolute Gasteiger partial charge is 0.380 e. The van der Waals surface area contributed by atoms with Gasteiger partial charge in [0.25, 0.3) is 0 Å². The molecule has 1 aromatic carbocycles. The van der Waals surface area contributed by atoms with Crippen molar-refractivity contribution in [3.63, 3.8) is 0 Å². The minimum atomic E-state index is -0.915. The molecule has 5 heteroatoms. The Bertz CT molecular complexity index is 385. The van der Waals surface area contributed by atoms with E-state index >= 15 is 0 Å². The number of rotatable bonds is 6. The Kier molecular flexibility index (Phi) is 5.82. The third kappa shape index (κ3) is 3.63. The summed E-state index contributed by atoms with van der Waals surface area (Å²) in [4.78, 5) is 0. The van der Waals surface area contributed by atoms with Crippen molar-refractivity contribution < 1.29 is 13.5 Å². The molecule has 0 atom stereocenters. The zero-order valence-electron chi connectivity index (χ0n) is 9.73. The Morgan fingerprint density at radius 3 is 2.59 bits per heavy atom. The highest BCUT2D eigenvalue weighted by atomic mass is 35.5. The van der Waals surface area contributed by atoms with Gasteiger partial charge in [0.2, 0.25) is 0 Å². The van der Waals surface area contributed by atoms with E-state index < -0.39 is 11.6 Å². The molecule has 0 amide bonds. The van der Waals surface area contributed by atoms with Crippen LogP contribution in [-0.2, 0) is 17.8 Å². The second-order valence-electron chi connectivity index (χ2n) is 3.80. The molecule has 96 valence electrons. The summed E-state index contributed by atoms with van der Waals surface area (Å²) in [6, 6.07) is 1.46. The summed E-state index contributed by atoms with van der Waals surface area (Å²) < 4.78 is 32.1. The van der Waals surface area contributed by atoms with Crippen molar-refractivity contribution in [1.29, 1.82) is 0 Å². The first-order valence-electron chi connectivity index (χ1n) is 5.46. The molecule has 0 fully saturated rings. The van der Waals surface area contributed by atoms with E-state index in [1.54, 1.807) is 0 Å². The van der Waals surface area contributed by atoms with Crippen molar-refractivity contribution >= 4 is 11.6 Å². The number of nitrogens with two attached hydrogens (primary N) is 1. The van der Waals surface area contributed by atoms with E-state index in [0.29, 0.717) is 24.9 Å². The van der Waals surface area contributed by atoms with E-state index in [1.807, 2.05) is 0 Å². The number of aryl methyl sites for hydroxylation is 1. The van der Waals surface area contributed by atoms with E-state index in [-0.39, 0.29) is 17.2 Å². The topological polar surface area (TPSA) is 35.2 Å². The van der Waals surface area contributed by atoms with Crippen molar-refractivity contribution in [3.8, 4) is 0 Å². The van der Waals surface area contributed by atoms with E-state index in [1.165, 1.54) is 13.2 Å². The van der Waals surface area contributed by atoms with Gasteiger partial charge in [-0.2, -0.15) is 0 Å². The van der Waals surface area contributed by atoms with Gasteiger partial charge in [-0.3, -0.25) is 0 Å². The maximum absolute atomic E-state index is 13.7. The fraction of sp³-hybridized carbons (Fsp3) is 0.500. The molecule has 0 spiro atoms. The number of unbranched alkanes of at least 4 members (excludes halogenated alkanes) is 1. The van der Waals surface area contributed by atoms with Crippen LogP contribution in [0.1, 0.15) is 24.0 Å². The van der Waals surface area contributed by atoms with Crippen molar-refractivity contribution in [2.75, 3.05) is 13.7 Å². The highest BCUT2D eigenvalue weighted by Gasteiger charge is 2.17. The number of benzene rings is 1. The van der Waals surface area contributed by atoms with Gasteiger partial charge in [-0.15, -0.1) is 0 Å². The zero-order valence-corrected chi connectivity index (χ0v) is 10.5. The first-order valence-corrected chi connectivity index (χ1v) is 5.83. The lowest BCUT2D eigenvalue weighted by Gasteiger charge is -2.10. The maximum Gasteiger partial charge on any atom is 0.166 e. The number of methoxy groups -OCH3 is 1. The molecular weight excluding hydrogens is 248 g/mol. The lowest BCUT2D eigenvalue weighted by atomic mass is 10.0. The monoisotopic (exact) mass is 263 g/mol. The van der Waals surface area contributed by atoms with Gasteiger partial charge in [0.1, 0.15) is 0 Å². The van der Waals surface area contributed by atoms with E-state index in [0.717, 1.165) is 6.42 Å². The minimum Gasteiger partial charge on any atom is -0.380 e. The van der Waals surface area contributed by atoms with Gasteiger partial charge in [0.05, 0.1) is 6.61 Å². The molecule has 0 aliphatic carbocycles. The number of hydrogen-bond acceptors (Lipinski definition) is 2. The van der Waals surface area contributed by atoms with Gasteiger partial charge >= 0.3 is 0 Å². The van der Waals surface area contributed by atoms with Gasteiger partial charge in [-0.25, -0.2) is 8.78 Å².